The Morgan fingerprint density at radius 1 is 0.903 bits per heavy atom. The van der Waals surface area contributed by atoms with Crippen LogP contribution in [0.3, 0.4) is 0 Å². The van der Waals surface area contributed by atoms with Gasteiger partial charge in [-0.15, -0.1) is 0 Å². The van der Waals surface area contributed by atoms with Gasteiger partial charge in [-0.05, 0) is 38.1 Å². The van der Waals surface area contributed by atoms with E-state index in [2.05, 4.69) is 0 Å². The Balaban J connectivity index is 1.56. The molecule has 8 nitrogen and oxygen atoms in total. The summed E-state index contributed by atoms with van der Waals surface area (Å²) in [4.78, 5) is 25.2. The second kappa shape index (κ2) is 8.39. The molecule has 2 heterocycles. The van der Waals surface area contributed by atoms with Crippen molar-refractivity contribution in [2.24, 2.45) is 0 Å². The molecule has 4 rings (SSSR count). The number of aliphatic hydroxyl groups excluding tert-OH is 1. The van der Waals surface area contributed by atoms with Crippen LogP contribution < -0.4 is 0 Å². The van der Waals surface area contributed by atoms with Crippen LogP contribution in [0.15, 0.2) is 60.7 Å². The van der Waals surface area contributed by atoms with Crippen molar-refractivity contribution < 1.29 is 38.4 Å². The highest BCUT2D eigenvalue weighted by Gasteiger charge is 2.64. The van der Waals surface area contributed by atoms with Crippen LogP contribution in [0.25, 0.3) is 0 Å². The molecular formula is C23H24O8. The zero-order chi connectivity index (χ0) is 22.1. The lowest BCUT2D eigenvalue weighted by Crippen LogP contribution is -2.53. The van der Waals surface area contributed by atoms with Gasteiger partial charge in [0.25, 0.3) is 0 Å². The van der Waals surface area contributed by atoms with Gasteiger partial charge < -0.3 is 28.8 Å². The smallest absolute Gasteiger partial charge is 0.338 e. The molecular weight excluding hydrogens is 404 g/mol. The topological polar surface area (TPSA) is 101 Å². The average Bonchev–Trinajstić information content (AvgIpc) is 3.22. The predicted octanol–water partition coefficient (Wildman–Crippen LogP) is 2.31. The fourth-order valence-corrected chi connectivity index (χ4v) is 3.72. The molecule has 0 spiro atoms. The number of carbonyl (C=O) groups excluding carboxylic acids is 2. The van der Waals surface area contributed by atoms with E-state index in [0.717, 1.165) is 0 Å². The number of esters is 2. The maximum Gasteiger partial charge on any atom is 0.338 e. The normalized spacial score (nSPS) is 28.7. The maximum atomic E-state index is 12.8. The van der Waals surface area contributed by atoms with Crippen molar-refractivity contribution in [1.82, 2.24) is 0 Å². The van der Waals surface area contributed by atoms with Gasteiger partial charge >= 0.3 is 11.9 Å². The first-order valence-corrected chi connectivity index (χ1v) is 9.96. The van der Waals surface area contributed by atoms with Gasteiger partial charge in [0.2, 0.25) is 0 Å². The monoisotopic (exact) mass is 428 g/mol. The van der Waals surface area contributed by atoms with Crippen LogP contribution in [-0.4, -0.2) is 60.1 Å². The highest BCUT2D eigenvalue weighted by molar-refractivity contribution is 5.90. The first-order chi connectivity index (χ1) is 14.8. The second-order valence-electron chi connectivity index (χ2n) is 7.94. The van der Waals surface area contributed by atoms with Gasteiger partial charge in [-0.25, -0.2) is 9.59 Å². The molecule has 2 saturated heterocycles. The van der Waals surface area contributed by atoms with E-state index >= 15 is 0 Å². The molecule has 2 aliphatic rings. The largest absolute Gasteiger partial charge is 0.459 e. The van der Waals surface area contributed by atoms with Gasteiger partial charge in [0.05, 0.1) is 17.7 Å². The minimum absolute atomic E-state index is 0.331. The van der Waals surface area contributed by atoms with Crippen molar-refractivity contribution in [3.8, 4) is 0 Å². The summed E-state index contributed by atoms with van der Waals surface area (Å²) in [5.74, 6) is -2.17. The number of aliphatic hydroxyl groups is 1. The Morgan fingerprint density at radius 3 is 2.06 bits per heavy atom. The minimum Gasteiger partial charge on any atom is -0.459 e. The Morgan fingerprint density at radius 2 is 1.48 bits per heavy atom. The van der Waals surface area contributed by atoms with Crippen molar-refractivity contribution in [1.29, 1.82) is 0 Å². The summed E-state index contributed by atoms with van der Waals surface area (Å²) >= 11 is 0. The van der Waals surface area contributed by atoms with Gasteiger partial charge in [0, 0.05) is 0 Å². The fraction of sp³-hybridized carbons (Fsp3) is 0.391. The summed E-state index contributed by atoms with van der Waals surface area (Å²) in [6.07, 6.45) is -2.77. The molecule has 0 unspecified atom stereocenters. The Labute approximate surface area is 179 Å². The third kappa shape index (κ3) is 4.33. The lowest BCUT2D eigenvalue weighted by atomic mass is 9.96. The number of hydrogen-bond donors (Lipinski definition) is 1. The highest BCUT2D eigenvalue weighted by Crippen LogP contribution is 2.44. The maximum absolute atomic E-state index is 12.8. The van der Waals surface area contributed by atoms with Crippen LogP contribution in [0, 0.1) is 0 Å². The Hall–Kier alpha value is -2.78. The van der Waals surface area contributed by atoms with Crippen molar-refractivity contribution in [3.05, 3.63) is 71.8 Å². The first-order valence-electron chi connectivity index (χ1n) is 9.96. The average molecular weight is 428 g/mol. The second-order valence-corrected chi connectivity index (χ2v) is 7.94. The standard InChI is InChI=1S/C23H24O8/c1-22(2)29-17-18(28-20(26)16-11-7-4-8-12-16)23(13-24,31-21(17)30-22)14-27-19(25)15-9-5-3-6-10-15/h3-12,17-18,21,24H,13-14H2,1-2H3/t17-,18+,21+,23-/m1/s1. The van der Waals surface area contributed by atoms with E-state index in [1.165, 1.54) is 0 Å². The molecule has 164 valence electrons. The molecule has 31 heavy (non-hydrogen) atoms. The summed E-state index contributed by atoms with van der Waals surface area (Å²) in [6.45, 7) is 2.48. The number of ether oxygens (including phenoxy) is 5. The minimum atomic E-state index is -1.54. The van der Waals surface area contributed by atoms with Gasteiger partial charge in [0.15, 0.2) is 29.9 Å². The molecule has 1 N–H and O–H groups in total. The zero-order valence-electron chi connectivity index (χ0n) is 17.2. The van der Waals surface area contributed by atoms with Crippen LogP contribution in [0.4, 0.5) is 0 Å². The Kier molecular flexibility index (Phi) is 5.81. The number of hydrogen-bond acceptors (Lipinski definition) is 8. The molecule has 0 bridgehead atoms. The summed E-state index contributed by atoms with van der Waals surface area (Å²) < 4.78 is 28.7. The quantitative estimate of drug-likeness (QED) is 0.700. The van der Waals surface area contributed by atoms with Gasteiger partial charge in [-0.2, -0.15) is 0 Å². The highest BCUT2D eigenvalue weighted by atomic mass is 16.9. The van der Waals surface area contributed by atoms with E-state index in [1.54, 1.807) is 74.5 Å². The molecule has 4 atom stereocenters. The van der Waals surface area contributed by atoms with Crippen molar-refractivity contribution in [2.75, 3.05) is 13.2 Å². The van der Waals surface area contributed by atoms with Gasteiger partial charge in [-0.1, -0.05) is 36.4 Å². The number of carbonyl (C=O) groups is 2. The number of benzene rings is 2. The molecule has 0 saturated carbocycles. The van der Waals surface area contributed by atoms with Crippen LogP contribution in [0.5, 0.6) is 0 Å². The van der Waals surface area contributed by atoms with E-state index in [-0.39, 0.29) is 6.61 Å². The van der Waals surface area contributed by atoms with Crippen LogP contribution in [0.2, 0.25) is 0 Å². The lowest BCUT2D eigenvalue weighted by molar-refractivity contribution is -0.252. The third-order valence-electron chi connectivity index (χ3n) is 5.22. The summed E-state index contributed by atoms with van der Waals surface area (Å²) in [7, 11) is 0. The molecule has 2 aromatic rings. The fourth-order valence-electron chi connectivity index (χ4n) is 3.72. The Bertz CT molecular complexity index is 929. The van der Waals surface area contributed by atoms with E-state index in [9.17, 15) is 14.7 Å². The zero-order valence-corrected chi connectivity index (χ0v) is 17.2. The molecule has 0 aliphatic carbocycles. The number of rotatable bonds is 6. The van der Waals surface area contributed by atoms with Crippen LogP contribution in [0.1, 0.15) is 34.6 Å². The molecule has 2 fully saturated rings. The first kappa shape index (κ1) is 21.5. The van der Waals surface area contributed by atoms with Crippen LogP contribution in [-0.2, 0) is 23.7 Å². The summed E-state index contributed by atoms with van der Waals surface area (Å²) in [5, 5.41) is 10.2. The molecule has 0 aromatic heterocycles. The lowest BCUT2D eigenvalue weighted by Gasteiger charge is -2.34. The van der Waals surface area contributed by atoms with Crippen molar-refractivity contribution in [2.45, 2.75) is 43.7 Å². The van der Waals surface area contributed by atoms with E-state index in [1.807, 2.05) is 0 Å². The van der Waals surface area contributed by atoms with E-state index in [0.29, 0.717) is 11.1 Å². The molecule has 2 aromatic carbocycles. The van der Waals surface area contributed by atoms with Gasteiger partial charge in [0.1, 0.15) is 6.61 Å². The summed E-state index contributed by atoms with van der Waals surface area (Å²) in [5.41, 5.74) is -0.863. The van der Waals surface area contributed by atoms with Crippen molar-refractivity contribution >= 4 is 11.9 Å². The molecule has 2 aliphatic heterocycles. The molecule has 0 radical (unpaired) electrons. The van der Waals surface area contributed by atoms with Crippen LogP contribution >= 0.6 is 0 Å². The van der Waals surface area contributed by atoms with Gasteiger partial charge in [-0.3, -0.25) is 0 Å². The molecule has 8 heteroatoms. The SMILES string of the molecule is CC1(C)O[C@H]2O[C@](CO)(COC(=O)c3ccccc3)[C@@H](OC(=O)c3ccccc3)[C@H]2O1. The van der Waals surface area contributed by atoms with E-state index < -0.39 is 48.4 Å². The summed E-state index contributed by atoms with van der Waals surface area (Å²) in [6, 6.07) is 16.9. The predicted molar refractivity (Wildman–Crippen MR) is 107 cm³/mol. The number of fused-ring (bicyclic) bond motifs is 1. The van der Waals surface area contributed by atoms with E-state index in [4.69, 9.17) is 23.7 Å². The molecule has 0 amide bonds. The third-order valence-corrected chi connectivity index (χ3v) is 5.22. The van der Waals surface area contributed by atoms with Crippen molar-refractivity contribution in [3.63, 3.8) is 0 Å².